The van der Waals surface area contributed by atoms with Crippen molar-refractivity contribution in [3.8, 4) is 0 Å². The summed E-state index contributed by atoms with van der Waals surface area (Å²) in [6, 6.07) is 1.99. The van der Waals surface area contributed by atoms with E-state index in [1.165, 1.54) is 0 Å². The van der Waals surface area contributed by atoms with Crippen LogP contribution >= 0.6 is 11.6 Å². The van der Waals surface area contributed by atoms with Crippen molar-refractivity contribution in [1.82, 2.24) is 4.98 Å². The number of aromatic nitrogens is 1. The van der Waals surface area contributed by atoms with E-state index >= 15 is 0 Å². The van der Waals surface area contributed by atoms with E-state index < -0.39 is 11.7 Å². The maximum atomic E-state index is 12.7. The number of anilines is 1. The van der Waals surface area contributed by atoms with Crippen LogP contribution in [0.25, 0.3) is 0 Å². The average Bonchev–Trinajstić information content (AvgIpc) is 2.37. The summed E-state index contributed by atoms with van der Waals surface area (Å²) < 4.78 is 43.4. The lowest BCUT2D eigenvalue weighted by Gasteiger charge is -2.32. The third-order valence-corrected chi connectivity index (χ3v) is 3.40. The Kier molecular flexibility index (Phi) is 4.20. The van der Waals surface area contributed by atoms with Crippen LogP contribution in [0.2, 0.25) is 5.15 Å². The van der Waals surface area contributed by atoms with E-state index in [0.717, 1.165) is 25.0 Å². The molecule has 0 bridgehead atoms. The third-order valence-electron chi connectivity index (χ3n) is 3.21. The fourth-order valence-corrected chi connectivity index (χ4v) is 2.29. The zero-order valence-electron chi connectivity index (χ0n) is 10.4. The molecule has 1 aliphatic heterocycles. The van der Waals surface area contributed by atoms with Crippen LogP contribution in [0.3, 0.4) is 0 Å². The molecule has 1 saturated heterocycles. The summed E-state index contributed by atoms with van der Waals surface area (Å²) >= 11 is 5.68. The maximum Gasteiger partial charge on any atom is 0.416 e. The SMILES string of the molecule is CN(c1cc(C(F)(F)F)cc(Cl)n1)C1CCOCC1. The van der Waals surface area contributed by atoms with Crippen LogP contribution in [0, 0.1) is 0 Å². The Morgan fingerprint density at radius 3 is 2.53 bits per heavy atom. The molecule has 1 fully saturated rings. The first kappa shape index (κ1) is 14.4. The van der Waals surface area contributed by atoms with Gasteiger partial charge in [0.15, 0.2) is 0 Å². The summed E-state index contributed by atoms with van der Waals surface area (Å²) in [5.74, 6) is 0.242. The van der Waals surface area contributed by atoms with Crippen LogP contribution < -0.4 is 4.90 Å². The van der Waals surface area contributed by atoms with E-state index in [4.69, 9.17) is 16.3 Å². The summed E-state index contributed by atoms with van der Waals surface area (Å²) in [5, 5.41) is -0.149. The minimum absolute atomic E-state index is 0.126. The van der Waals surface area contributed by atoms with Gasteiger partial charge in [0.2, 0.25) is 0 Å². The molecule has 0 saturated carbocycles. The summed E-state index contributed by atoms with van der Waals surface area (Å²) in [7, 11) is 1.73. The predicted molar refractivity (Wildman–Crippen MR) is 66.5 cm³/mol. The first-order valence-electron chi connectivity index (χ1n) is 5.93. The second kappa shape index (κ2) is 5.54. The molecule has 2 rings (SSSR count). The van der Waals surface area contributed by atoms with Crippen LogP contribution in [0.1, 0.15) is 18.4 Å². The molecule has 0 atom stereocenters. The van der Waals surface area contributed by atoms with Crippen molar-refractivity contribution in [3.05, 3.63) is 22.8 Å². The van der Waals surface area contributed by atoms with Crippen LogP contribution in [0.15, 0.2) is 12.1 Å². The first-order chi connectivity index (χ1) is 8.88. The van der Waals surface area contributed by atoms with E-state index in [1.807, 2.05) is 0 Å². The standard InChI is InChI=1S/C12H14ClF3N2O/c1-18(9-2-4-19-5-3-9)11-7-8(12(14,15)16)6-10(13)17-11/h6-7,9H,2-5H2,1H3. The zero-order chi connectivity index (χ0) is 14.0. The van der Waals surface area contributed by atoms with Gasteiger partial charge in [-0.25, -0.2) is 4.98 Å². The van der Waals surface area contributed by atoms with Crippen LogP contribution in [-0.4, -0.2) is 31.3 Å². The third kappa shape index (κ3) is 3.51. The minimum atomic E-state index is -4.42. The molecule has 0 radical (unpaired) electrons. The van der Waals surface area contributed by atoms with Crippen molar-refractivity contribution in [2.24, 2.45) is 0 Å². The van der Waals surface area contributed by atoms with Gasteiger partial charge in [-0.1, -0.05) is 11.6 Å². The number of nitrogens with zero attached hydrogens (tertiary/aromatic N) is 2. The Hall–Kier alpha value is -1.01. The lowest BCUT2D eigenvalue weighted by Crippen LogP contribution is -2.37. The number of alkyl halides is 3. The van der Waals surface area contributed by atoms with Crippen molar-refractivity contribution in [2.45, 2.75) is 25.1 Å². The van der Waals surface area contributed by atoms with Crippen molar-refractivity contribution in [2.75, 3.05) is 25.2 Å². The van der Waals surface area contributed by atoms with Gasteiger partial charge in [0, 0.05) is 26.3 Å². The fraction of sp³-hybridized carbons (Fsp3) is 0.583. The van der Waals surface area contributed by atoms with E-state index in [-0.39, 0.29) is 17.0 Å². The minimum Gasteiger partial charge on any atom is -0.381 e. The molecule has 0 aromatic carbocycles. The summed E-state index contributed by atoms with van der Waals surface area (Å²) in [6.07, 6.45) is -2.88. The number of ether oxygens (including phenoxy) is 1. The van der Waals surface area contributed by atoms with Gasteiger partial charge in [-0.15, -0.1) is 0 Å². The molecule has 0 aliphatic carbocycles. The molecule has 7 heteroatoms. The van der Waals surface area contributed by atoms with Crippen molar-refractivity contribution >= 4 is 17.4 Å². The Labute approximate surface area is 114 Å². The zero-order valence-corrected chi connectivity index (χ0v) is 11.1. The van der Waals surface area contributed by atoms with Gasteiger partial charge < -0.3 is 9.64 Å². The largest absolute Gasteiger partial charge is 0.416 e. The number of hydrogen-bond acceptors (Lipinski definition) is 3. The number of hydrogen-bond donors (Lipinski definition) is 0. The molecule has 1 aliphatic rings. The van der Waals surface area contributed by atoms with Gasteiger partial charge in [0.1, 0.15) is 11.0 Å². The van der Waals surface area contributed by atoms with Crippen molar-refractivity contribution in [1.29, 1.82) is 0 Å². The first-order valence-corrected chi connectivity index (χ1v) is 6.31. The van der Waals surface area contributed by atoms with Gasteiger partial charge in [0.25, 0.3) is 0 Å². The molecule has 106 valence electrons. The van der Waals surface area contributed by atoms with E-state index in [1.54, 1.807) is 11.9 Å². The quantitative estimate of drug-likeness (QED) is 0.782. The molecule has 1 aromatic heterocycles. The van der Waals surface area contributed by atoms with E-state index in [0.29, 0.717) is 13.2 Å². The second-order valence-corrected chi connectivity index (χ2v) is 4.88. The van der Waals surface area contributed by atoms with Crippen molar-refractivity contribution < 1.29 is 17.9 Å². The molecule has 2 heterocycles. The molecule has 0 unspecified atom stereocenters. The smallest absolute Gasteiger partial charge is 0.381 e. The summed E-state index contributed by atoms with van der Waals surface area (Å²) in [4.78, 5) is 5.71. The van der Waals surface area contributed by atoms with Gasteiger partial charge in [0.05, 0.1) is 5.56 Å². The Morgan fingerprint density at radius 1 is 1.32 bits per heavy atom. The molecule has 0 spiro atoms. The monoisotopic (exact) mass is 294 g/mol. The predicted octanol–water partition coefficient (Wildman–Crippen LogP) is 3.37. The number of pyridine rings is 1. The second-order valence-electron chi connectivity index (χ2n) is 4.49. The highest BCUT2D eigenvalue weighted by atomic mass is 35.5. The van der Waals surface area contributed by atoms with E-state index in [9.17, 15) is 13.2 Å². The lowest BCUT2D eigenvalue weighted by molar-refractivity contribution is -0.137. The van der Waals surface area contributed by atoms with Gasteiger partial charge in [-0.3, -0.25) is 0 Å². The Balaban J connectivity index is 2.26. The van der Waals surface area contributed by atoms with E-state index in [2.05, 4.69) is 4.98 Å². The molecule has 19 heavy (non-hydrogen) atoms. The Bertz CT molecular complexity index is 447. The lowest BCUT2D eigenvalue weighted by atomic mass is 10.1. The highest BCUT2D eigenvalue weighted by Crippen LogP contribution is 2.33. The molecule has 0 N–H and O–H groups in total. The molecule has 3 nitrogen and oxygen atoms in total. The highest BCUT2D eigenvalue weighted by molar-refractivity contribution is 6.29. The number of rotatable bonds is 2. The number of halogens is 4. The maximum absolute atomic E-state index is 12.7. The Morgan fingerprint density at radius 2 is 1.95 bits per heavy atom. The topological polar surface area (TPSA) is 25.4 Å². The van der Waals surface area contributed by atoms with Crippen molar-refractivity contribution in [3.63, 3.8) is 0 Å². The van der Waals surface area contributed by atoms with Crippen LogP contribution in [0.5, 0.6) is 0 Å². The molecule has 1 aromatic rings. The molecular weight excluding hydrogens is 281 g/mol. The molecule has 0 amide bonds. The normalized spacial score (nSPS) is 17.5. The van der Waals surface area contributed by atoms with Gasteiger partial charge in [-0.2, -0.15) is 13.2 Å². The van der Waals surface area contributed by atoms with Crippen LogP contribution in [0.4, 0.5) is 19.0 Å². The van der Waals surface area contributed by atoms with Crippen LogP contribution in [-0.2, 0) is 10.9 Å². The fourth-order valence-electron chi connectivity index (χ4n) is 2.09. The van der Waals surface area contributed by atoms with Gasteiger partial charge >= 0.3 is 6.18 Å². The highest BCUT2D eigenvalue weighted by Gasteiger charge is 2.32. The summed E-state index contributed by atoms with van der Waals surface area (Å²) in [5.41, 5.74) is -0.776. The average molecular weight is 295 g/mol. The summed E-state index contributed by atoms with van der Waals surface area (Å²) in [6.45, 7) is 1.23. The molecular formula is C12H14ClF3N2O. The van der Waals surface area contributed by atoms with Gasteiger partial charge in [-0.05, 0) is 25.0 Å².